The Labute approximate surface area is 340 Å². The Morgan fingerprint density at radius 1 is 0.357 bits per heavy atom. The predicted octanol–water partition coefficient (Wildman–Crippen LogP) is 13.5. The van der Waals surface area contributed by atoms with E-state index in [2.05, 4.69) is 234 Å². The topological polar surface area (TPSA) is 0 Å². The van der Waals surface area contributed by atoms with Gasteiger partial charge in [-0.15, -0.1) is 11.1 Å². The van der Waals surface area contributed by atoms with Crippen molar-refractivity contribution in [3.05, 3.63) is 190 Å². The van der Waals surface area contributed by atoms with E-state index in [1.807, 2.05) is 0 Å². The molecule has 0 nitrogen and oxygen atoms in total. The predicted molar refractivity (Wildman–Crippen MR) is 248 cm³/mol. The summed E-state index contributed by atoms with van der Waals surface area (Å²) < 4.78 is 0. The van der Waals surface area contributed by atoms with Crippen molar-refractivity contribution in [1.82, 2.24) is 0 Å². The van der Waals surface area contributed by atoms with Crippen LogP contribution in [0.15, 0.2) is 157 Å². The molecule has 0 bridgehead atoms. The van der Waals surface area contributed by atoms with Gasteiger partial charge in [0.15, 0.2) is 0 Å². The maximum Gasteiger partial charge on any atom is 0.138 e. The third-order valence-electron chi connectivity index (χ3n) is 11.2. The van der Waals surface area contributed by atoms with Gasteiger partial charge in [-0.05, 0) is 76.7 Å². The fourth-order valence-electron chi connectivity index (χ4n) is 7.01. The fourth-order valence-corrected chi connectivity index (χ4v) is 11.8. The van der Waals surface area contributed by atoms with Crippen molar-refractivity contribution in [3.8, 4) is 46.6 Å². The lowest BCUT2D eigenvalue weighted by Gasteiger charge is -2.20. The van der Waals surface area contributed by atoms with E-state index in [-0.39, 0.29) is 0 Å². The Bertz CT molecular complexity index is 2100. The van der Waals surface area contributed by atoms with Crippen molar-refractivity contribution in [1.29, 1.82) is 0 Å². The van der Waals surface area contributed by atoms with Crippen molar-refractivity contribution >= 4 is 27.3 Å². The molecule has 0 radical (unpaired) electrons. The van der Waals surface area contributed by atoms with E-state index in [0.29, 0.717) is 0 Å². The molecule has 56 heavy (non-hydrogen) atoms. The van der Waals surface area contributed by atoms with Crippen molar-refractivity contribution in [3.63, 3.8) is 0 Å². The molecule has 278 valence electrons. The van der Waals surface area contributed by atoms with Crippen molar-refractivity contribution in [2.45, 2.75) is 77.8 Å². The maximum absolute atomic E-state index is 3.85. The lowest BCUT2D eigenvalue weighted by atomic mass is 9.93. The molecule has 0 amide bonds. The van der Waals surface area contributed by atoms with Crippen LogP contribution in [-0.4, -0.2) is 16.1 Å². The van der Waals surface area contributed by atoms with Crippen LogP contribution in [0.4, 0.5) is 0 Å². The second-order valence-corrected chi connectivity index (χ2v) is 24.1. The van der Waals surface area contributed by atoms with Gasteiger partial charge in [0.05, 0.1) is 11.1 Å². The van der Waals surface area contributed by atoms with Crippen molar-refractivity contribution in [2.75, 3.05) is 0 Å². The molecular weight excluding hydrogens is 705 g/mol. The molecule has 5 aromatic carbocycles. The summed E-state index contributed by atoms with van der Waals surface area (Å²) in [7, 11) is -3.49. The van der Waals surface area contributed by atoms with E-state index >= 15 is 0 Å². The smallest absolute Gasteiger partial charge is 0.125 e. The normalized spacial score (nSPS) is 10.5. The average Bonchev–Trinajstić information content (AvgIpc) is 3.27. The van der Waals surface area contributed by atoms with E-state index < -0.39 is 16.1 Å². The summed E-state index contributed by atoms with van der Waals surface area (Å²) in [5, 5.41) is 0. The van der Waals surface area contributed by atoms with Gasteiger partial charge in [-0.25, -0.2) is 0 Å². The molecule has 0 aliphatic carbocycles. The van der Waals surface area contributed by atoms with E-state index in [0.717, 1.165) is 91.9 Å². The van der Waals surface area contributed by atoms with Crippen LogP contribution in [-0.2, 0) is 0 Å². The number of allylic oxidation sites excluding steroid dienone is 2. The van der Waals surface area contributed by atoms with Gasteiger partial charge in [0.2, 0.25) is 0 Å². The minimum absolute atomic E-state index is 0.859. The molecule has 0 N–H and O–H groups in total. The number of hydrogen-bond acceptors (Lipinski definition) is 0. The summed E-state index contributed by atoms with van der Waals surface area (Å²) in [5.74, 6) is 21.6. The first-order valence-electron chi connectivity index (χ1n) is 20.3. The van der Waals surface area contributed by atoms with Gasteiger partial charge in [-0.1, -0.05) is 204 Å². The summed E-state index contributed by atoms with van der Waals surface area (Å²) in [6.07, 6.45) is 0. The molecule has 0 atom stereocenters. The number of benzene rings is 5. The highest BCUT2D eigenvalue weighted by atomic mass is 28.3. The molecule has 0 spiro atoms. The highest BCUT2D eigenvalue weighted by Crippen LogP contribution is 2.29. The van der Waals surface area contributed by atoms with E-state index in [1.165, 1.54) is 0 Å². The second-order valence-electron chi connectivity index (χ2n) is 14.2. The second kappa shape index (κ2) is 20.8. The number of rotatable bonds is 10. The molecule has 5 aromatic rings. The minimum Gasteiger partial charge on any atom is -0.125 e. The zero-order valence-corrected chi connectivity index (χ0v) is 36.1. The lowest BCUT2D eigenvalue weighted by molar-refractivity contribution is 1.20. The molecule has 5 rings (SSSR count). The summed E-state index contributed by atoms with van der Waals surface area (Å²) in [5.41, 5.74) is 17.8. The third kappa shape index (κ3) is 10.7. The van der Waals surface area contributed by atoms with Crippen LogP contribution in [0, 0.1) is 46.6 Å². The van der Waals surface area contributed by atoms with Gasteiger partial charge in [0, 0.05) is 22.3 Å². The number of hydrogen-bond donors (Lipinski definition) is 0. The monoisotopic (exact) mass is 758 g/mol. The minimum atomic E-state index is -1.75. The fraction of sp³-hybridized carbons (Fsp3) is 0.222. The quantitative estimate of drug-likeness (QED) is 0.0983. The zero-order chi connectivity index (χ0) is 39.6. The van der Waals surface area contributed by atoms with Crippen LogP contribution >= 0.6 is 0 Å². The van der Waals surface area contributed by atoms with Crippen LogP contribution in [0.1, 0.15) is 74.9 Å². The van der Waals surface area contributed by atoms with Crippen LogP contribution in [0.25, 0.3) is 11.1 Å². The molecule has 0 saturated carbocycles. The molecule has 0 aromatic heterocycles. The summed E-state index contributed by atoms with van der Waals surface area (Å²) in [6.45, 7) is 13.8. The van der Waals surface area contributed by atoms with Crippen LogP contribution in [0.2, 0.25) is 36.3 Å². The molecule has 0 aliphatic heterocycles. The summed E-state index contributed by atoms with van der Waals surface area (Å²) in [4.78, 5) is 0. The molecule has 0 saturated heterocycles. The molecule has 0 unspecified atom stereocenters. The summed E-state index contributed by atoms with van der Waals surface area (Å²) in [6, 6.07) is 57.3. The van der Waals surface area contributed by atoms with Crippen LogP contribution < -0.4 is 0 Å². The van der Waals surface area contributed by atoms with Gasteiger partial charge in [-0.3, -0.25) is 0 Å². The van der Waals surface area contributed by atoms with E-state index in [1.54, 1.807) is 0 Å². The largest absolute Gasteiger partial charge is 0.138 e. The van der Waals surface area contributed by atoms with Crippen LogP contribution in [0.5, 0.6) is 0 Å². The highest BCUT2D eigenvalue weighted by Gasteiger charge is 2.25. The first kappa shape index (κ1) is 41.4. The van der Waals surface area contributed by atoms with Crippen molar-refractivity contribution < 1.29 is 0 Å². The SMILES string of the molecule is CC[Si](C#CC(C#Cc1cccc(C#CC(C#C[Si](CC)(CC)CC)=C(c2ccccc2)c2ccccc2)c1)=C(c1ccccc1)c1ccccc1)(CC)CC. The Balaban J connectivity index is 1.69. The van der Waals surface area contributed by atoms with Gasteiger partial charge in [0.25, 0.3) is 0 Å². The Morgan fingerprint density at radius 3 is 0.911 bits per heavy atom. The Kier molecular flexibility index (Phi) is 15.4. The zero-order valence-electron chi connectivity index (χ0n) is 34.1. The first-order valence-corrected chi connectivity index (χ1v) is 25.6. The summed E-state index contributed by atoms with van der Waals surface area (Å²) >= 11 is 0. The molecule has 0 aliphatic rings. The van der Waals surface area contributed by atoms with E-state index in [4.69, 9.17) is 0 Å². The van der Waals surface area contributed by atoms with E-state index in [9.17, 15) is 0 Å². The highest BCUT2D eigenvalue weighted by molar-refractivity contribution is 6.87. The first-order chi connectivity index (χ1) is 27.4. The van der Waals surface area contributed by atoms with Crippen molar-refractivity contribution in [2.24, 2.45) is 0 Å². The molecule has 0 heterocycles. The van der Waals surface area contributed by atoms with Gasteiger partial charge in [0.1, 0.15) is 16.1 Å². The molecular formula is C54H54Si2. The molecule has 0 fully saturated rings. The Hall–Kier alpha value is -5.75. The van der Waals surface area contributed by atoms with Gasteiger partial charge < -0.3 is 0 Å². The van der Waals surface area contributed by atoms with Gasteiger partial charge >= 0.3 is 0 Å². The van der Waals surface area contributed by atoms with Crippen LogP contribution in [0.3, 0.4) is 0 Å². The Morgan fingerprint density at radius 2 is 0.643 bits per heavy atom. The third-order valence-corrected chi connectivity index (χ3v) is 20.7. The standard InChI is InChI=1S/C54H54Si2/c1-7-55(8-2,9-3)42-40-51(53(47-28-17-13-18-29-47)48-30-19-14-20-31-48)38-36-45-26-25-27-46(44-45)37-39-52(41-43-56(10-4,11-5)12-6)54(49-32-21-15-22-33-49)50-34-23-16-24-35-50/h13-35,44H,7-12H2,1-6H3. The van der Waals surface area contributed by atoms with Gasteiger partial charge in [-0.2, -0.15) is 0 Å². The lowest BCUT2D eigenvalue weighted by Crippen LogP contribution is -2.29. The molecule has 2 heteroatoms. The average molecular weight is 759 g/mol. The maximum atomic E-state index is 3.85.